The zero-order chi connectivity index (χ0) is 11.6. The Bertz CT molecular complexity index is 169. The molecule has 96 valence electrons. The summed E-state index contributed by atoms with van der Waals surface area (Å²) in [5.74, 6) is 3.36. The van der Waals surface area contributed by atoms with Gasteiger partial charge in [-0.2, -0.15) is 11.8 Å². The molecule has 0 aromatic heterocycles. The maximum atomic E-state index is 5.61. The Labute approximate surface area is 104 Å². The summed E-state index contributed by atoms with van der Waals surface area (Å²) in [6.45, 7) is 5.80. The van der Waals surface area contributed by atoms with Crippen molar-refractivity contribution in [2.24, 2.45) is 5.92 Å². The van der Waals surface area contributed by atoms with E-state index in [4.69, 9.17) is 9.47 Å². The van der Waals surface area contributed by atoms with Gasteiger partial charge in [-0.1, -0.05) is 6.92 Å². The van der Waals surface area contributed by atoms with Gasteiger partial charge in [-0.25, -0.2) is 0 Å². The molecule has 0 aromatic carbocycles. The van der Waals surface area contributed by atoms with Gasteiger partial charge < -0.3 is 14.8 Å². The predicted octanol–water partition coefficient (Wildman–Crippen LogP) is 1.77. The van der Waals surface area contributed by atoms with Crippen molar-refractivity contribution in [3.05, 3.63) is 0 Å². The van der Waals surface area contributed by atoms with Crippen LogP contribution >= 0.6 is 11.8 Å². The molecule has 1 aliphatic rings. The van der Waals surface area contributed by atoms with E-state index in [-0.39, 0.29) is 0 Å². The summed E-state index contributed by atoms with van der Waals surface area (Å²) in [6.07, 6.45) is 2.20. The fourth-order valence-electron chi connectivity index (χ4n) is 2.01. The number of hydrogen-bond acceptors (Lipinski definition) is 4. The summed E-state index contributed by atoms with van der Waals surface area (Å²) in [6, 6.07) is 0.706. The van der Waals surface area contributed by atoms with Crippen LogP contribution in [0.2, 0.25) is 0 Å². The van der Waals surface area contributed by atoms with Gasteiger partial charge in [0.15, 0.2) is 0 Å². The first-order valence-electron chi connectivity index (χ1n) is 6.26. The van der Waals surface area contributed by atoms with Crippen LogP contribution < -0.4 is 5.32 Å². The molecule has 0 saturated carbocycles. The minimum Gasteiger partial charge on any atom is -0.385 e. The van der Waals surface area contributed by atoms with E-state index >= 15 is 0 Å². The first-order valence-corrected chi connectivity index (χ1v) is 7.41. The average molecular weight is 247 g/mol. The third kappa shape index (κ3) is 5.53. The lowest BCUT2D eigenvalue weighted by atomic mass is 10.0. The molecule has 16 heavy (non-hydrogen) atoms. The predicted molar refractivity (Wildman–Crippen MR) is 70.2 cm³/mol. The number of hydrogen-bond donors (Lipinski definition) is 1. The van der Waals surface area contributed by atoms with E-state index in [2.05, 4.69) is 24.0 Å². The van der Waals surface area contributed by atoms with Gasteiger partial charge in [-0.15, -0.1) is 0 Å². The van der Waals surface area contributed by atoms with E-state index in [1.165, 1.54) is 17.9 Å². The Morgan fingerprint density at radius 1 is 1.25 bits per heavy atom. The Morgan fingerprint density at radius 3 is 2.88 bits per heavy atom. The van der Waals surface area contributed by atoms with E-state index in [1.807, 2.05) is 0 Å². The van der Waals surface area contributed by atoms with Gasteiger partial charge in [-0.3, -0.25) is 0 Å². The van der Waals surface area contributed by atoms with Gasteiger partial charge in [0.05, 0.1) is 0 Å². The summed E-state index contributed by atoms with van der Waals surface area (Å²) in [7, 11) is 1.73. The minimum absolute atomic E-state index is 0.706. The van der Waals surface area contributed by atoms with Crippen molar-refractivity contribution < 1.29 is 9.47 Å². The van der Waals surface area contributed by atoms with Crippen LogP contribution in [0.15, 0.2) is 0 Å². The van der Waals surface area contributed by atoms with Gasteiger partial charge in [0.1, 0.15) is 0 Å². The van der Waals surface area contributed by atoms with Crippen molar-refractivity contribution in [3.8, 4) is 0 Å². The summed E-state index contributed by atoms with van der Waals surface area (Å²) < 4.78 is 10.6. The lowest BCUT2D eigenvalue weighted by Gasteiger charge is -2.19. The number of thioether (sulfide) groups is 1. The standard InChI is InChI=1S/C12H25NO2S/c1-3-13-12-10-16-9-11(12)5-8-15-7-4-6-14-2/h11-13H,3-10H2,1-2H3. The fourth-order valence-corrected chi connectivity index (χ4v) is 3.49. The number of methoxy groups -OCH3 is 1. The molecule has 1 heterocycles. The number of rotatable bonds is 9. The maximum Gasteiger partial charge on any atom is 0.0487 e. The monoisotopic (exact) mass is 247 g/mol. The Hall–Kier alpha value is 0.230. The van der Waals surface area contributed by atoms with Crippen molar-refractivity contribution in [1.29, 1.82) is 0 Å². The van der Waals surface area contributed by atoms with Crippen LogP contribution in [0.4, 0.5) is 0 Å². The average Bonchev–Trinajstić information content (AvgIpc) is 2.72. The van der Waals surface area contributed by atoms with Crippen molar-refractivity contribution in [3.63, 3.8) is 0 Å². The molecule has 2 unspecified atom stereocenters. The molecule has 1 N–H and O–H groups in total. The largest absolute Gasteiger partial charge is 0.385 e. The van der Waals surface area contributed by atoms with E-state index in [9.17, 15) is 0 Å². The second-order valence-corrected chi connectivity index (χ2v) is 5.28. The highest BCUT2D eigenvalue weighted by Crippen LogP contribution is 2.26. The van der Waals surface area contributed by atoms with Crippen LogP contribution in [0, 0.1) is 5.92 Å². The van der Waals surface area contributed by atoms with Crippen LogP contribution in [-0.2, 0) is 9.47 Å². The summed E-state index contributed by atoms with van der Waals surface area (Å²) in [4.78, 5) is 0. The van der Waals surface area contributed by atoms with Gasteiger partial charge >= 0.3 is 0 Å². The van der Waals surface area contributed by atoms with Crippen molar-refractivity contribution in [2.45, 2.75) is 25.8 Å². The highest BCUT2D eigenvalue weighted by atomic mass is 32.2. The molecule has 0 radical (unpaired) electrons. The smallest absolute Gasteiger partial charge is 0.0487 e. The normalized spacial score (nSPS) is 25.1. The van der Waals surface area contributed by atoms with Crippen LogP contribution in [0.5, 0.6) is 0 Å². The lowest BCUT2D eigenvalue weighted by Crippen LogP contribution is -2.35. The summed E-state index contributed by atoms with van der Waals surface area (Å²) in [5, 5.41) is 3.56. The van der Waals surface area contributed by atoms with Gasteiger partial charge in [0, 0.05) is 38.7 Å². The maximum absolute atomic E-state index is 5.61. The molecule has 3 nitrogen and oxygen atoms in total. The van der Waals surface area contributed by atoms with Crippen LogP contribution in [0.1, 0.15) is 19.8 Å². The third-order valence-corrected chi connectivity index (χ3v) is 4.19. The fraction of sp³-hybridized carbons (Fsp3) is 1.00. The second kappa shape index (κ2) is 9.28. The van der Waals surface area contributed by atoms with Crippen molar-refractivity contribution in [2.75, 3.05) is 45.0 Å². The first-order chi connectivity index (χ1) is 7.88. The Kier molecular flexibility index (Phi) is 8.29. The van der Waals surface area contributed by atoms with Crippen molar-refractivity contribution >= 4 is 11.8 Å². The zero-order valence-corrected chi connectivity index (χ0v) is 11.4. The highest BCUT2D eigenvalue weighted by molar-refractivity contribution is 7.99. The van der Waals surface area contributed by atoms with Gasteiger partial charge in [0.25, 0.3) is 0 Å². The van der Waals surface area contributed by atoms with Crippen LogP contribution in [0.3, 0.4) is 0 Å². The highest BCUT2D eigenvalue weighted by Gasteiger charge is 2.26. The summed E-state index contributed by atoms with van der Waals surface area (Å²) >= 11 is 2.06. The molecule has 4 heteroatoms. The lowest BCUT2D eigenvalue weighted by molar-refractivity contribution is 0.0933. The third-order valence-electron chi connectivity index (χ3n) is 2.93. The second-order valence-electron chi connectivity index (χ2n) is 4.21. The van der Waals surface area contributed by atoms with E-state index in [0.717, 1.165) is 38.7 Å². The Balaban J connectivity index is 1.99. The van der Waals surface area contributed by atoms with E-state index in [1.54, 1.807) is 7.11 Å². The molecule has 0 spiro atoms. The molecule has 2 atom stereocenters. The number of nitrogens with one attached hydrogen (secondary N) is 1. The SMILES string of the molecule is CCNC1CSCC1CCOCCCOC. The molecule has 0 bridgehead atoms. The minimum atomic E-state index is 0.706. The quantitative estimate of drug-likeness (QED) is 0.629. The molecule has 1 saturated heterocycles. The molecule has 0 amide bonds. The molecule has 0 aromatic rings. The van der Waals surface area contributed by atoms with E-state index < -0.39 is 0 Å². The molecule has 1 rings (SSSR count). The number of ether oxygens (including phenoxy) is 2. The molecule has 1 fully saturated rings. The van der Waals surface area contributed by atoms with Crippen LogP contribution in [0.25, 0.3) is 0 Å². The van der Waals surface area contributed by atoms with Gasteiger partial charge in [0.2, 0.25) is 0 Å². The topological polar surface area (TPSA) is 30.5 Å². The zero-order valence-electron chi connectivity index (χ0n) is 10.5. The molecular formula is C12H25NO2S. The van der Waals surface area contributed by atoms with Crippen LogP contribution in [-0.4, -0.2) is 51.0 Å². The van der Waals surface area contributed by atoms with Gasteiger partial charge in [-0.05, 0) is 31.1 Å². The van der Waals surface area contributed by atoms with Crippen molar-refractivity contribution in [1.82, 2.24) is 5.32 Å². The summed E-state index contributed by atoms with van der Waals surface area (Å²) in [5.41, 5.74) is 0. The first kappa shape index (κ1) is 14.3. The molecular weight excluding hydrogens is 222 g/mol. The molecule has 1 aliphatic heterocycles. The molecule has 0 aliphatic carbocycles. The Morgan fingerprint density at radius 2 is 2.12 bits per heavy atom. The van der Waals surface area contributed by atoms with E-state index in [0.29, 0.717) is 6.04 Å².